The molecule has 0 aliphatic carbocycles. The molecule has 5 nitrogen and oxygen atoms in total. The fraction of sp³-hybridized carbons (Fsp3) is 0.538. The molecule has 2 aromatic heterocycles. The van der Waals surface area contributed by atoms with Gasteiger partial charge in [0.2, 0.25) is 5.95 Å². The number of piperazine rings is 1. The third kappa shape index (κ3) is 2.37. The molecule has 102 valence electrons. The van der Waals surface area contributed by atoms with E-state index in [4.69, 9.17) is 5.73 Å². The van der Waals surface area contributed by atoms with Crippen LogP contribution in [0, 0.1) is 0 Å². The summed E-state index contributed by atoms with van der Waals surface area (Å²) in [7, 11) is 2.14. The van der Waals surface area contributed by atoms with E-state index in [1.54, 1.807) is 11.3 Å². The molecule has 0 atom stereocenters. The standard InChI is InChI=1S/C13H19N5S/c1-3-9-8-10-11(14)15-13(16-12(10)19-9)18-6-4-17(2)5-7-18/h8H,3-7H2,1-2H3,(H2,14,15,16). The smallest absolute Gasteiger partial charge is 0.228 e. The molecule has 1 saturated heterocycles. The van der Waals surface area contributed by atoms with Gasteiger partial charge in [0, 0.05) is 31.1 Å². The molecule has 3 heterocycles. The highest BCUT2D eigenvalue weighted by Crippen LogP contribution is 2.29. The normalized spacial score (nSPS) is 17.3. The zero-order chi connectivity index (χ0) is 13.4. The summed E-state index contributed by atoms with van der Waals surface area (Å²) in [5.74, 6) is 1.39. The topological polar surface area (TPSA) is 58.3 Å². The minimum atomic E-state index is 0.606. The molecule has 6 heteroatoms. The Hall–Kier alpha value is -1.40. The quantitative estimate of drug-likeness (QED) is 0.903. The lowest BCUT2D eigenvalue weighted by molar-refractivity contribution is 0.311. The molecule has 19 heavy (non-hydrogen) atoms. The second kappa shape index (κ2) is 4.94. The lowest BCUT2D eigenvalue weighted by atomic mass is 10.3. The minimum absolute atomic E-state index is 0.606. The molecule has 2 N–H and O–H groups in total. The summed E-state index contributed by atoms with van der Waals surface area (Å²) in [6.07, 6.45) is 1.02. The fourth-order valence-electron chi connectivity index (χ4n) is 2.30. The highest BCUT2D eigenvalue weighted by Gasteiger charge is 2.18. The van der Waals surface area contributed by atoms with Crippen molar-refractivity contribution >= 4 is 33.3 Å². The summed E-state index contributed by atoms with van der Waals surface area (Å²) in [6.45, 7) is 6.18. The Morgan fingerprint density at radius 2 is 2.00 bits per heavy atom. The van der Waals surface area contributed by atoms with Gasteiger partial charge in [-0.2, -0.15) is 4.98 Å². The van der Waals surface area contributed by atoms with E-state index in [2.05, 4.69) is 39.8 Å². The van der Waals surface area contributed by atoms with Crippen LogP contribution in [0.3, 0.4) is 0 Å². The molecule has 0 bridgehead atoms. The molecule has 0 amide bonds. The number of nitrogens with two attached hydrogens (primary N) is 1. The number of fused-ring (bicyclic) bond motifs is 1. The van der Waals surface area contributed by atoms with E-state index in [-0.39, 0.29) is 0 Å². The van der Waals surface area contributed by atoms with Gasteiger partial charge in [-0.15, -0.1) is 11.3 Å². The number of thiophene rings is 1. The van der Waals surface area contributed by atoms with Crippen LogP contribution in [-0.2, 0) is 6.42 Å². The Morgan fingerprint density at radius 3 is 2.68 bits per heavy atom. The second-order valence-corrected chi connectivity index (χ2v) is 6.10. The molecular weight excluding hydrogens is 258 g/mol. The van der Waals surface area contributed by atoms with Crippen LogP contribution in [0.4, 0.5) is 11.8 Å². The predicted molar refractivity (Wildman–Crippen MR) is 80.9 cm³/mol. The van der Waals surface area contributed by atoms with E-state index in [1.807, 2.05) is 0 Å². The van der Waals surface area contributed by atoms with Crippen LogP contribution in [0.25, 0.3) is 10.2 Å². The van der Waals surface area contributed by atoms with Crippen LogP contribution in [0.15, 0.2) is 6.07 Å². The Bertz CT molecular complexity index is 586. The van der Waals surface area contributed by atoms with Crippen LogP contribution >= 0.6 is 11.3 Å². The number of rotatable bonds is 2. The minimum Gasteiger partial charge on any atom is -0.383 e. The molecule has 1 aliphatic rings. The molecule has 0 saturated carbocycles. The highest BCUT2D eigenvalue weighted by atomic mass is 32.1. The zero-order valence-electron chi connectivity index (χ0n) is 11.4. The summed E-state index contributed by atoms with van der Waals surface area (Å²) in [4.78, 5) is 16.0. The number of nitrogens with zero attached hydrogens (tertiary/aromatic N) is 4. The molecule has 0 radical (unpaired) electrons. The van der Waals surface area contributed by atoms with Crippen molar-refractivity contribution in [3.05, 3.63) is 10.9 Å². The van der Waals surface area contributed by atoms with Gasteiger partial charge in [0.05, 0.1) is 5.39 Å². The summed E-state index contributed by atoms with van der Waals surface area (Å²) in [6, 6.07) is 2.11. The van der Waals surface area contributed by atoms with Crippen molar-refractivity contribution in [3.63, 3.8) is 0 Å². The van der Waals surface area contributed by atoms with Crippen LogP contribution in [0.5, 0.6) is 0 Å². The second-order valence-electron chi connectivity index (χ2n) is 4.98. The maximum Gasteiger partial charge on any atom is 0.228 e. The van der Waals surface area contributed by atoms with Gasteiger partial charge in [-0.05, 0) is 19.5 Å². The van der Waals surface area contributed by atoms with Gasteiger partial charge < -0.3 is 15.5 Å². The summed E-state index contributed by atoms with van der Waals surface area (Å²) < 4.78 is 0. The number of nitrogen functional groups attached to an aromatic ring is 1. The molecule has 0 aromatic carbocycles. The van der Waals surface area contributed by atoms with Gasteiger partial charge in [0.1, 0.15) is 10.6 Å². The average Bonchev–Trinajstić information content (AvgIpc) is 2.83. The van der Waals surface area contributed by atoms with Crippen molar-refractivity contribution in [1.29, 1.82) is 0 Å². The van der Waals surface area contributed by atoms with Gasteiger partial charge in [-0.1, -0.05) is 6.92 Å². The van der Waals surface area contributed by atoms with Crippen molar-refractivity contribution in [2.45, 2.75) is 13.3 Å². The first-order chi connectivity index (χ1) is 9.17. The first-order valence-corrected chi connectivity index (χ1v) is 7.48. The summed E-state index contributed by atoms with van der Waals surface area (Å²) in [5, 5.41) is 1.000. The molecule has 2 aromatic rings. The van der Waals surface area contributed by atoms with Gasteiger partial charge >= 0.3 is 0 Å². The Balaban J connectivity index is 1.96. The SMILES string of the molecule is CCc1cc2c(N)nc(N3CCN(C)CC3)nc2s1. The third-order valence-corrected chi connectivity index (χ3v) is 4.77. The Morgan fingerprint density at radius 1 is 1.26 bits per heavy atom. The predicted octanol–water partition coefficient (Wildman–Crippen LogP) is 1.59. The van der Waals surface area contributed by atoms with Crippen LogP contribution in [0.1, 0.15) is 11.8 Å². The lowest BCUT2D eigenvalue weighted by Gasteiger charge is -2.32. The number of hydrogen-bond acceptors (Lipinski definition) is 6. The number of hydrogen-bond donors (Lipinski definition) is 1. The van der Waals surface area contributed by atoms with Gasteiger partial charge in [-0.3, -0.25) is 0 Å². The monoisotopic (exact) mass is 277 g/mol. The molecule has 3 rings (SSSR count). The number of anilines is 2. The van der Waals surface area contributed by atoms with E-state index in [0.717, 1.165) is 48.8 Å². The van der Waals surface area contributed by atoms with E-state index in [9.17, 15) is 0 Å². The van der Waals surface area contributed by atoms with Crippen LogP contribution < -0.4 is 10.6 Å². The van der Waals surface area contributed by atoms with Crippen molar-refractivity contribution < 1.29 is 0 Å². The third-order valence-electron chi connectivity index (χ3n) is 3.60. The molecular formula is C13H19N5S. The maximum atomic E-state index is 6.08. The van der Waals surface area contributed by atoms with Crippen molar-refractivity contribution in [1.82, 2.24) is 14.9 Å². The molecule has 0 unspecified atom stereocenters. The van der Waals surface area contributed by atoms with Gasteiger partial charge in [0.15, 0.2) is 0 Å². The van der Waals surface area contributed by atoms with Crippen LogP contribution in [-0.4, -0.2) is 48.1 Å². The van der Waals surface area contributed by atoms with E-state index < -0.39 is 0 Å². The summed E-state index contributed by atoms with van der Waals surface area (Å²) >= 11 is 1.72. The first kappa shape index (κ1) is 12.6. The Labute approximate surface area is 117 Å². The number of aryl methyl sites for hydroxylation is 1. The van der Waals surface area contributed by atoms with Gasteiger partial charge in [0.25, 0.3) is 0 Å². The molecule has 0 spiro atoms. The highest BCUT2D eigenvalue weighted by molar-refractivity contribution is 7.18. The van der Waals surface area contributed by atoms with Crippen molar-refractivity contribution in [3.8, 4) is 0 Å². The number of likely N-dealkylation sites (N-methyl/N-ethyl adjacent to an activating group) is 1. The van der Waals surface area contributed by atoms with Crippen molar-refractivity contribution in [2.75, 3.05) is 43.9 Å². The number of aromatic nitrogens is 2. The Kier molecular flexibility index (Phi) is 3.28. The molecule has 1 fully saturated rings. The van der Waals surface area contributed by atoms with E-state index in [1.165, 1.54) is 4.88 Å². The largest absolute Gasteiger partial charge is 0.383 e. The van der Waals surface area contributed by atoms with E-state index >= 15 is 0 Å². The molecule has 1 aliphatic heterocycles. The first-order valence-electron chi connectivity index (χ1n) is 6.67. The fourth-order valence-corrected chi connectivity index (χ4v) is 3.27. The lowest BCUT2D eigenvalue weighted by Crippen LogP contribution is -2.45. The van der Waals surface area contributed by atoms with Crippen molar-refractivity contribution in [2.24, 2.45) is 0 Å². The maximum absolute atomic E-state index is 6.08. The van der Waals surface area contributed by atoms with Crippen LogP contribution in [0.2, 0.25) is 0 Å². The average molecular weight is 277 g/mol. The van der Waals surface area contributed by atoms with Gasteiger partial charge in [-0.25, -0.2) is 4.98 Å². The van der Waals surface area contributed by atoms with E-state index in [0.29, 0.717) is 5.82 Å². The zero-order valence-corrected chi connectivity index (χ0v) is 12.2. The summed E-state index contributed by atoms with van der Waals surface area (Å²) in [5.41, 5.74) is 6.08.